The molecule has 1 N–H and O–H groups in total. The van der Waals surface area contributed by atoms with E-state index >= 15 is 0 Å². The van der Waals surface area contributed by atoms with E-state index in [1.54, 1.807) is 6.92 Å². The van der Waals surface area contributed by atoms with Gasteiger partial charge in [-0.3, -0.25) is 4.79 Å². The van der Waals surface area contributed by atoms with Gasteiger partial charge in [-0.15, -0.1) is 0 Å². The SMILES string of the molecule is CCN(CC)CCNC(=O)Cn1nc([N+](=O)[O-])c(Br)c1C. The van der Waals surface area contributed by atoms with Gasteiger partial charge in [0.25, 0.3) is 0 Å². The van der Waals surface area contributed by atoms with Gasteiger partial charge in [0.2, 0.25) is 5.91 Å². The Morgan fingerprint density at radius 2 is 2.10 bits per heavy atom. The highest BCUT2D eigenvalue weighted by Gasteiger charge is 2.24. The molecular formula is C12H20BrN5O3. The Labute approximate surface area is 131 Å². The minimum absolute atomic E-state index is 0.0312. The molecule has 0 aliphatic rings. The molecule has 0 spiro atoms. The zero-order valence-electron chi connectivity index (χ0n) is 12.4. The first-order valence-corrected chi connectivity index (χ1v) is 7.56. The van der Waals surface area contributed by atoms with Gasteiger partial charge < -0.3 is 20.3 Å². The van der Waals surface area contributed by atoms with E-state index in [1.165, 1.54) is 4.68 Å². The molecule has 0 saturated heterocycles. The van der Waals surface area contributed by atoms with Crippen molar-refractivity contribution in [1.29, 1.82) is 0 Å². The summed E-state index contributed by atoms with van der Waals surface area (Å²) in [6, 6.07) is 0. The molecule has 1 rings (SSSR count). The van der Waals surface area contributed by atoms with Crippen LogP contribution in [0.2, 0.25) is 0 Å². The van der Waals surface area contributed by atoms with Gasteiger partial charge in [-0.05, 0) is 40.9 Å². The highest BCUT2D eigenvalue weighted by atomic mass is 79.9. The first-order chi connectivity index (χ1) is 9.90. The maximum Gasteiger partial charge on any atom is 0.404 e. The standard InChI is InChI=1S/C12H20BrN5O3/c1-4-16(5-2)7-6-14-10(19)8-17-9(3)11(13)12(15-17)18(20)21/h4-8H2,1-3H3,(H,14,19). The molecule has 1 aromatic heterocycles. The number of aromatic nitrogens is 2. The fraction of sp³-hybridized carbons (Fsp3) is 0.667. The number of nitro groups is 1. The first kappa shape index (κ1) is 17.6. The number of nitrogens with zero attached hydrogens (tertiary/aromatic N) is 4. The summed E-state index contributed by atoms with van der Waals surface area (Å²) < 4.78 is 1.64. The number of hydrogen-bond donors (Lipinski definition) is 1. The number of rotatable bonds is 8. The predicted molar refractivity (Wildman–Crippen MR) is 82.1 cm³/mol. The molecule has 1 amide bonds. The summed E-state index contributed by atoms with van der Waals surface area (Å²) in [5, 5.41) is 17.4. The highest BCUT2D eigenvalue weighted by Crippen LogP contribution is 2.26. The number of hydrogen-bond acceptors (Lipinski definition) is 5. The Morgan fingerprint density at radius 1 is 1.48 bits per heavy atom. The van der Waals surface area contributed by atoms with E-state index in [-0.39, 0.29) is 18.3 Å². The number of likely N-dealkylation sites (N-methyl/N-ethyl adjacent to an activating group) is 1. The molecule has 1 aromatic rings. The van der Waals surface area contributed by atoms with Gasteiger partial charge in [0.05, 0.1) is 10.8 Å². The molecule has 1 heterocycles. The summed E-state index contributed by atoms with van der Waals surface area (Å²) in [6.07, 6.45) is 0. The predicted octanol–water partition coefficient (Wildman–Crippen LogP) is 1.32. The number of nitrogens with one attached hydrogen (secondary N) is 1. The van der Waals surface area contributed by atoms with E-state index < -0.39 is 4.92 Å². The maximum absolute atomic E-state index is 11.8. The van der Waals surface area contributed by atoms with Gasteiger partial charge in [-0.2, -0.15) is 4.68 Å². The van der Waals surface area contributed by atoms with Crippen molar-refractivity contribution in [2.45, 2.75) is 27.3 Å². The number of carbonyl (C=O) groups is 1. The van der Waals surface area contributed by atoms with Crippen LogP contribution in [0.3, 0.4) is 0 Å². The average molecular weight is 362 g/mol. The molecule has 8 nitrogen and oxygen atoms in total. The van der Waals surface area contributed by atoms with Gasteiger partial charge in [0.1, 0.15) is 11.0 Å². The summed E-state index contributed by atoms with van der Waals surface area (Å²) in [6.45, 7) is 8.96. The number of carbonyl (C=O) groups excluding carboxylic acids is 1. The van der Waals surface area contributed by atoms with Gasteiger partial charge >= 0.3 is 5.82 Å². The third-order valence-electron chi connectivity index (χ3n) is 3.23. The van der Waals surface area contributed by atoms with E-state index in [1.807, 2.05) is 0 Å². The lowest BCUT2D eigenvalue weighted by Gasteiger charge is -2.17. The normalized spacial score (nSPS) is 10.9. The average Bonchev–Trinajstić information content (AvgIpc) is 2.72. The van der Waals surface area contributed by atoms with Crippen LogP contribution < -0.4 is 5.32 Å². The van der Waals surface area contributed by atoms with Crippen LogP contribution in [0, 0.1) is 17.0 Å². The lowest BCUT2D eigenvalue weighted by atomic mass is 10.4. The van der Waals surface area contributed by atoms with Gasteiger partial charge in [-0.1, -0.05) is 13.8 Å². The molecule has 0 atom stereocenters. The molecular weight excluding hydrogens is 342 g/mol. The Kier molecular flexibility index (Phi) is 6.76. The molecule has 0 unspecified atom stereocenters. The molecule has 0 fully saturated rings. The summed E-state index contributed by atoms with van der Waals surface area (Å²) in [7, 11) is 0. The van der Waals surface area contributed by atoms with Crippen LogP contribution in [0.4, 0.5) is 5.82 Å². The van der Waals surface area contributed by atoms with Crippen LogP contribution in [0.15, 0.2) is 4.47 Å². The zero-order chi connectivity index (χ0) is 16.0. The second kappa shape index (κ2) is 8.08. The zero-order valence-corrected chi connectivity index (χ0v) is 14.0. The van der Waals surface area contributed by atoms with Gasteiger partial charge in [-0.25, -0.2) is 0 Å². The fourth-order valence-electron chi connectivity index (χ4n) is 1.86. The van der Waals surface area contributed by atoms with Crippen LogP contribution in [-0.2, 0) is 11.3 Å². The van der Waals surface area contributed by atoms with Crippen molar-refractivity contribution in [3.05, 3.63) is 20.3 Å². The minimum atomic E-state index is -0.578. The van der Waals surface area contributed by atoms with Crippen LogP contribution in [-0.4, -0.2) is 51.7 Å². The molecule has 9 heteroatoms. The highest BCUT2D eigenvalue weighted by molar-refractivity contribution is 9.10. The van der Waals surface area contributed by atoms with E-state index in [0.717, 1.165) is 19.6 Å². The van der Waals surface area contributed by atoms with Gasteiger partial charge in [0, 0.05) is 13.1 Å². The monoisotopic (exact) mass is 361 g/mol. The molecule has 0 aliphatic heterocycles. The number of amides is 1. The molecule has 21 heavy (non-hydrogen) atoms. The third kappa shape index (κ3) is 4.78. The Hall–Kier alpha value is -1.48. The van der Waals surface area contributed by atoms with Crippen LogP contribution in [0.1, 0.15) is 19.5 Å². The van der Waals surface area contributed by atoms with Crippen molar-refractivity contribution < 1.29 is 9.72 Å². The molecule has 0 saturated carbocycles. The molecule has 0 aliphatic carbocycles. The van der Waals surface area contributed by atoms with Crippen molar-refractivity contribution in [2.24, 2.45) is 0 Å². The second-order valence-electron chi connectivity index (χ2n) is 4.51. The topological polar surface area (TPSA) is 93.3 Å². The lowest BCUT2D eigenvalue weighted by molar-refractivity contribution is -0.390. The fourth-order valence-corrected chi connectivity index (χ4v) is 2.29. The Morgan fingerprint density at radius 3 is 2.57 bits per heavy atom. The third-order valence-corrected chi connectivity index (χ3v) is 4.16. The smallest absolute Gasteiger partial charge is 0.358 e. The summed E-state index contributed by atoms with van der Waals surface area (Å²) in [4.78, 5) is 24.2. The molecule has 0 radical (unpaired) electrons. The van der Waals surface area contributed by atoms with E-state index in [4.69, 9.17) is 0 Å². The quantitative estimate of drug-likeness (QED) is 0.556. The van der Waals surface area contributed by atoms with Crippen LogP contribution in [0.25, 0.3) is 0 Å². The van der Waals surface area contributed by atoms with E-state index in [2.05, 4.69) is 45.1 Å². The maximum atomic E-state index is 11.8. The summed E-state index contributed by atoms with van der Waals surface area (Å²) in [5.41, 5.74) is 0.556. The van der Waals surface area contributed by atoms with Crippen molar-refractivity contribution in [3.8, 4) is 0 Å². The Balaban J connectivity index is 2.56. The van der Waals surface area contributed by atoms with Crippen molar-refractivity contribution in [1.82, 2.24) is 20.0 Å². The lowest BCUT2D eigenvalue weighted by Crippen LogP contribution is -2.36. The largest absolute Gasteiger partial charge is 0.404 e. The minimum Gasteiger partial charge on any atom is -0.358 e. The second-order valence-corrected chi connectivity index (χ2v) is 5.31. The first-order valence-electron chi connectivity index (χ1n) is 6.77. The summed E-state index contributed by atoms with van der Waals surface area (Å²) in [5.74, 6) is -0.487. The Bertz CT molecular complexity index is 513. The molecule has 0 bridgehead atoms. The van der Waals surface area contributed by atoms with Crippen molar-refractivity contribution in [3.63, 3.8) is 0 Å². The number of halogens is 1. The van der Waals surface area contributed by atoms with Crippen LogP contribution >= 0.6 is 15.9 Å². The van der Waals surface area contributed by atoms with Crippen molar-refractivity contribution in [2.75, 3.05) is 26.2 Å². The van der Waals surface area contributed by atoms with Gasteiger partial charge in [0.15, 0.2) is 0 Å². The molecule has 118 valence electrons. The van der Waals surface area contributed by atoms with E-state index in [9.17, 15) is 14.9 Å². The molecule has 0 aromatic carbocycles. The van der Waals surface area contributed by atoms with Crippen molar-refractivity contribution >= 4 is 27.7 Å². The summed E-state index contributed by atoms with van der Waals surface area (Å²) >= 11 is 3.12. The van der Waals surface area contributed by atoms with Crippen LogP contribution in [0.5, 0.6) is 0 Å². The van der Waals surface area contributed by atoms with E-state index in [0.29, 0.717) is 16.7 Å².